The standard InChI is InChI=1S/C14H20N2O5/c1-14(2,3)21-13(19)16-7-5-4-6-10(16)11-9(12(17)18)8-20-15-11/h8,10H,4-7H2,1-3H3,(H,17,18). The van der Waals surface area contributed by atoms with Gasteiger partial charge in [-0.1, -0.05) is 5.16 Å². The number of amides is 1. The molecule has 0 spiro atoms. The lowest BCUT2D eigenvalue weighted by atomic mass is 9.97. The summed E-state index contributed by atoms with van der Waals surface area (Å²) in [5, 5.41) is 12.9. The lowest BCUT2D eigenvalue weighted by Gasteiger charge is -2.35. The Morgan fingerprint density at radius 3 is 2.76 bits per heavy atom. The number of piperidine rings is 1. The predicted octanol–water partition coefficient (Wildman–Crippen LogP) is 2.83. The van der Waals surface area contributed by atoms with Gasteiger partial charge in [0.1, 0.15) is 23.1 Å². The van der Waals surface area contributed by atoms with Gasteiger partial charge in [-0.2, -0.15) is 0 Å². The predicted molar refractivity (Wildman–Crippen MR) is 73.0 cm³/mol. The van der Waals surface area contributed by atoms with Crippen molar-refractivity contribution in [3.63, 3.8) is 0 Å². The summed E-state index contributed by atoms with van der Waals surface area (Å²) in [4.78, 5) is 25.0. The number of hydrogen-bond donors (Lipinski definition) is 1. The molecule has 116 valence electrons. The van der Waals surface area contributed by atoms with Crippen molar-refractivity contribution in [2.75, 3.05) is 6.54 Å². The summed E-state index contributed by atoms with van der Waals surface area (Å²) >= 11 is 0. The Labute approximate surface area is 122 Å². The average Bonchev–Trinajstić information content (AvgIpc) is 2.85. The van der Waals surface area contributed by atoms with Gasteiger partial charge in [0, 0.05) is 6.54 Å². The number of aromatic nitrogens is 1. The van der Waals surface area contributed by atoms with E-state index in [0.29, 0.717) is 13.0 Å². The van der Waals surface area contributed by atoms with Crippen LogP contribution in [0.2, 0.25) is 0 Å². The van der Waals surface area contributed by atoms with Crippen LogP contribution in [-0.2, 0) is 4.74 Å². The van der Waals surface area contributed by atoms with Gasteiger partial charge in [-0.05, 0) is 40.0 Å². The van der Waals surface area contributed by atoms with Crippen LogP contribution in [0.4, 0.5) is 4.79 Å². The topological polar surface area (TPSA) is 92.9 Å². The van der Waals surface area contributed by atoms with Crippen LogP contribution >= 0.6 is 0 Å². The first-order valence-corrected chi connectivity index (χ1v) is 6.97. The fourth-order valence-corrected chi connectivity index (χ4v) is 2.40. The molecule has 1 aromatic rings. The minimum atomic E-state index is -1.11. The molecule has 0 aliphatic carbocycles. The first kappa shape index (κ1) is 15.3. The summed E-state index contributed by atoms with van der Waals surface area (Å²) in [6.07, 6.45) is 3.05. The fourth-order valence-electron chi connectivity index (χ4n) is 2.40. The molecule has 0 radical (unpaired) electrons. The van der Waals surface area contributed by atoms with Crippen molar-refractivity contribution in [2.24, 2.45) is 0 Å². The maximum Gasteiger partial charge on any atom is 0.410 e. The van der Waals surface area contributed by atoms with Crippen molar-refractivity contribution in [3.8, 4) is 0 Å². The minimum absolute atomic E-state index is 0.00420. The SMILES string of the molecule is CC(C)(C)OC(=O)N1CCCCC1c1nocc1C(=O)O. The van der Waals surface area contributed by atoms with Crippen LogP contribution in [0, 0.1) is 0 Å². The maximum absolute atomic E-state index is 12.3. The Balaban J connectivity index is 2.25. The molecule has 0 saturated carbocycles. The molecule has 7 nitrogen and oxygen atoms in total. The normalized spacial score (nSPS) is 19.4. The monoisotopic (exact) mass is 296 g/mol. The highest BCUT2D eigenvalue weighted by Gasteiger charge is 2.35. The molecule has 21 heavy (non-hydrogen) atoms. The zero-order valence-corrected chi connectivity index (χ0v) is 12.5. The summed E-state index contributed by atoms with van der Waals surface area (Å²) < 4.78 is 10.2. The third-order valence-corrected chi connectivity index (χ3v) is 3.27. The molecule has 1 N–H and O–H groups in total. The number of carbonyl (C=O) groups excluding carboxylic acids is 1. The number of ether oxygens (including phenoxy) is 1. The Morgan fingerprint density at radius 2 is 2.14 bits per heavy atom. The van der Waals surface area contributed by atoms with Crippen LogP contribution in [0.15, 0.2) is 10.8 Å². The van der Waals surface area contributed by atoms with Crippen LogP contribution in [0.25, 0.3) is 0 Å². The Morgan fingerprint density at radius 1 is 1.43 bits per heavy atom. The number of carboxylic acid groups (broad SMARTS) is 1. The highest BCUT2D eigenvalue weighted by atomic mass is 16.6. The molecule has 2 heterocycles. The van der Waals surface area contributed by atoms with Crippen molar-refractivity contribution in [2.45, 2.75) is 51.7 Å². The highest BCUT2D eigenvalue weighted by molar-refractivity contribution is 5.88. The van der Waals surface area contributed by atoms with Gasteiger partial charge in [0.2, 0.25) is 0 Å². The van der Waals surface area contributed by atoms with Gasteiger partial charge in [-0.3, -0.25) is 4.90 Å². The Kier molecular flexibility index (Phi) is 4.20. The van der Waals surface area contributed by atoms with E-state index in [-0.39, 0.29) is 11.3 Å². The molecule has 1 aliphatic rings. The number of nitrogens with zero attached hydrogens (tertiary/aromatic N) is 2. The lowest BCUT2D eigenvalue weighted by molar-refractivity contribution is 0.00841. The number of carboxylic acids is 1. The second-order valence-corrected chi connectivity index (χ2v) is 6.10. The molecular weight excluding hydrogens is 276 g/mol. The van der Waals surface area contributed by atoms with Crippen molar-refractivity contribution in [1.82, 2.24) is 10.1 Å². The minimum Gasteiger partial charge on any atom is -0.478 e. The van der Waals surface area contributed by atoms with Crippen molar-refractivity contribution in [1.29, 1.82) is 0 Å². The van der Waals surface area contributed by atoms with Crippen molar-refractivity contribution in [3.05, 3.63) is 17.5 Å². The molecule has 1 saturated heterocycles. The molecule has 2 rings (SSSR count). The van der Waals surface area contributed by atoms with E-state index in [9.17, 15) is 9.59 Å². The van der Waals surface area contributed by atoms with Gasteiger partial charge < -0.3 is 14.4 Å². The summed E-state index contributed by atoms with van der Waals surface area (Å²) in [5.41, 5.74) is -0.318. The third kappa shape index (κ3) is 3.53. The van der Waals surface area contributed by atoms with Gasteiger partial charge in [0.15, 0.2) is 0 Å². The van der Waals surface area contributed by atoms with Crippen LogP contribution in [0.1, 0.15) is 62.1 Å². The molecular formula is C14H20N2O5. The zero-order chi connectivity index (χ0) is 15.6. The molecule has 0 bridgehead atoms. The van der Waals surface area contributed by atoms with E-state index in [2.05, 4.69) is 5.16 Å². The molecule has 1 fully saturated rings. The molecule has 7 heteroatoms. The largest absolute Gasteiger partial charge is 0.478 e. The van der Waals surface area contributed by atoms with Gasteiger partial charge in [-0.25, -0.2) is 9.59 Å². The quantitative estimate of drug-likeness (QED) is 0.902. The smallest absolute Gasteiger partial charge is 0.410 e. The van der Waals surface area contributed by atoms with Crippen LogP contribution in [0.5, 0.6) is 0 Å². The second-order valence-electron chi connectivity index (χ2n) is 6.10. The number of carbonyl (C=O) groups is 2. The van der Waals surface area contributed by atoms with Crippen LogP contribution in [0.3, 0.4) is 0 Å². The van der Waals surface area contributed by atoms with E-state index in [4.69, 9.17) is 14.4 Å². The molecule has 1 unspecified atom stereocenters. The zero-order valence-electron chi connectivity index (χ0n) is 12.5. The summed E-state index contributed by atoms with van der Waals surface area (Å²) in [6.45, 7) is 5.90. The van der Waals surface area contributed by atoms with E-state index >= 15 is 0 Å². The average molecular weight is 296 g/mol. The molecule has 1 atom stereocenters. The summed E-state index contributed by atoms with van der Waals surface area (Å²) in [6, 6.07) is -0.418. The molecule has 1 aromatic heterocycles. The summed E-state index contributed by atoms with van der Waals surface area (Å²) in [5.74, 6) is -1.11. The summed E-state index contributed by atoms with van der Waals surface area (Å²) in [7, 11) is 0. The molecule has 1 aliphatic heterocycles. The van der Waals surface area contributed by atoms with Gasteiger partial charge in [0.25, 0.3) is 0 Å². The molecule has 1 amide bonds. The van der Waals surface area contributed by atoms with Crippen LogP contribution < -0.4 is 0 Å². The third-order valence-electron chi connectivity index (χ3n) is 3.27. The van der Waals surface area contributed by atoms with Crippen molar-refractivity contribution >= 4 is 12.1 Å². The van der Waals surface area contributed by atoms with Gasteiger partial charge in [0.05, 0.1) is 6.04 Å². The van der Waals surface area contributed by atoms with Gasteiger partial charge in [-0.15, -0.1) is 0 Å². The maximum atomic E-state index is 12.3. The first-order valence-electron chi connectivity index (χ1n) is 6.97. The number of hydrogen-bond acceptors (Lipinski definition) is 5. The van der Waals surface area contributed by atoms with E-state index < -0.39 is 23.7 Å². The van der Waals surface area contributed by atoms with Gasteiger partial charge >= 0.3 is 12.1 Å². The number of rotatable bonds is 2. The number of likely N-dealkylation sites (tertiary alicyclic amines) is 1. The van der Waals surface area contributed by atoms with E-state index in [0.717, 1.165) is 19.1 Å². The van der Waals surface area contributed by atoms with E-state index in [1.165, 1.54) is 0 Å². The van der Waals surface area contributed by atoms with Crippen LogP contribution in [-0.4, -0.2) is 39.4 Å². The Bertz CT molecular complexity index is 532. The first-order chi connectivity index (χ1) is 9.79. The van der Waals surface area contributed by atoms with Crippen molar-refractivity contribution < 1.29 is 24.0 Å². The second kappa shape index (κ2) is 5.75. The highest BCUT2D eigenvalue weighted by Crippen LogP contribution is 2.33. The number of aromatic carboxylic acids is 1. The van der Waals surface area contributed by atoms with E-state index in [1.54, 1.807) is 25.7 Å². The lowest BCUT2D eigenvalue weighted by Crippen LogP contribution is -2.42. The molecule has 0 aromatic carbocycles. The van der Waals surface area contributed by atoms with E-state index in [1.807, 2.05) is 0 Å². The fraction of sp³-hybridized carbons (Fsp3) is 0.643. The Hall–Kier alpha value is -2.05.